The van der Waals surface area contributed by atoms with Gasteiger partial charge in [0.15, 0.2) is 0 Å². The van der Waals surface area contributed by atoms with Crippen LogP contribution >= 0.6 is 0 Å². The van der Waals surface area contributed by atoms with Crippen LogP contribution in [0.25, 0.3) is 0 Å². The summed E-state index contributed by atoms with van der Waals surface area (Å²) in [5.74, 6) is 0.730. The van der Waals surface area contributed by atoms with E-state index in [4.69, 9.17) is 0 Å². The molecule has 2 heterocycles. The Labute approximate surface area is 105 Å². The zero-order valence-electron chi connectivity index (χ0n) is 10.8. The van der Waals surface area contributed by atoms with Crippen LogP contribution in [0.5, 0.6) is 0 Å². The Bertz CT molecular complexity index is 541. The average molecular weight is 247 g/mol. The molecule has 0 atom stereocenters. The lowest BCUT2D eigenvalue weighted by atomic mass is 10.1. The second-order valence-corrected chi connectivity index (χ2v) is 4.26. The van der Waals surface area contributed by atoms with Crippen molar-refractivity contribution in [2.75, 3.05) is 0 Å². The summed E-state index contributed by atoms with van der Waals surface area (Å²) in [4.78, 5) is 18.8. The van der Waals surface area contributed by atoms with Crippen molar-refractivity contribution in [3.63, 3.8) is 0 Å². The summed E-state index contributed by atoms with van der Waals surface area (Å²) in [5.41, 5.74) is 2.93. The lowest BCUT2D eigenvalue weighted by Gasteiger charge is -2.04. The fraction of sp³-hybridized carbons (Fsp3) is 0.417. The summed E-state index contributed by atoms with van der Waals surface area (Å²) in [6.45, 7) is 4.31. The highest BCUT2D eigenvalue weighted by molar-refractivity contribution is 5.79. The van der Waals surface area contributed by atoms with Crippen LogP contribution in [0.3, 0.4) is 0 Å². The van der Waals surface area contributed by atoms with E-state index in [1.165, 1.54) is 0 Å². The van der Waals surface area contributed by atoms with Gasteiger partial charge >= 0.3 is 0 Å². The van der Waals surface area contributed by atoms with Crippen molar-refractivity contribution in [3.8, 4) is 0 Å². The Balaban J connectivity index is 1.95. The van der Waals surface area contributed by atoms with Crippen LogP contribution in [-0.2, 0) is 24.8 Å². The summed E-state index contributed by atoms with van der Waals surface area (Å²) >= 11 is 0. The number of aromatic amines is 1. The van der Waals surface area contributed by atoms with E-state index in [-0.39, 0.29) is 5.91 Å². The van der Waals surface area contributed by atoms with E-state index in [1.807, 2.05) is 20.9 Å². The number of imidazole rings is 1. The molecule has 0 spiro atoms. The summed E-state index contributed by atoms with van der Waals surface area (Å²) in [7, 11) is 1.88. The fourth-order valence-electron chi connectivity index (χ4n) is 1.87. The maximum absolute atomic E-state index is 11.8. The first-order valence-electron chi connectivity index (χ1n) is 5.82. The van der Waals surface area contributed by atoms with Gasteiger partial charge < -0.3 is 10.3 Å². The fourth-order valence-corrected chi connectivity index (χ4v) is 1.87. The van der Waals surface area contributed by atoms with Gasteiger partial charge in [-0.3, -0.25) is 9.48 Å². The SMILES string of the molecule is Cc1nn(C)c(C)c1CC(=O)NCc1ncc[nH]1. The van der Waals surface area contributed by atoms with Gasteiger partial charge in [0.1, 0.15) is 5.82 Å². The van der Waals surface area contributed by atoms with Crippen LogP contribution in [0, 0.1) is 13.8 Å². The van der Waals surface area contributed by atoms with Gasteiger partial charge in [0.25, 0.3) is 0 Å². The summed E-state index contributed by atoms with van der Waals surface area (Å²) in [6.07, 6.45) is 3.75. The standard InChI is InChI=1S/C12H17N5O/c1-8-10(9(2)17(3)16-8)6-12(18)15-7-11-13-4-5-14-11/h4-5H,6-7H2,1-3H3,(H,13,14)(H,15,18). The number of hydrogen-bond donors (Lipinski definition) is 2. The molecule has 2 aromatic rings. The summed E-state index contributed by atoms with van der Waals surface area (Å²) in [6, 6.07) is 0. The van der Waals surface area contributed by atoms with Crippen molar-refractivity contribution >= 4 is 5.91 Å². The number of nitrogens with one attached hydrogen (secondary N) is 2. The highest BCUT2D eigenvalue weighted by Gasteiger charge is 2.13. The Morgan fingerprint density at radius 1 is 1.50 bits per heavy atom. The van der Waals surface area contributed by atoms with Crippen molar-refractivity contribution in [2.45, 2.75) is 26.8 Å². The van der Waals surface area contributed by atoms with Gasteiger partial charge in [-0.25, -0.2) is 4.98 Å². The summed E-state index contributed by atoms with van der Waals surface area (Å²) < 4.78 is 1.80. The maximum atomic E-state index is 11.8. The molecule has 2 aromatic heterocycles. The highest BCUT2D eigenvalue weighted by Crippen LogP contribution is 2.12. The van der Waals surface area contributed by atoms with E-state index < -0.39 is 0 Å². The molecule has 96 valence electrons. The molecule has 0 unspecified atom stereocenters. The second kappa shape index (κ2) is 5.03. The van der Waals surface area contributed by atoms with Crippen molar-refractivity contribution in [1.29, 1.82) is 0 Å². The van der Waals surface area contributed by atoms with Gasteiger partial charge in [-0.2, -0.15) is 5.10 Å². The van der Waals surface area contributed by atoms with Gasteiger partial charge in [-0.1, -0.05) is 0 Å². The van der Waals surface area contributed by atoms with E-state index in [0.717, 1.165) is 22.8 Å². The predicted molar refractivity (Wildman–Crippen MR) is 66.8 cm³/mol. The number of aromatic nitrogens is 4. The molecule has 18 heavy (non-hydrogen) atoms. The molecule has 2 N–H and O–H groups in total. The van der Waals surface area contributed by atoms with E-state index in [0.29, 0.717) is 13.0 Å². The van der Waals surface area contributed by atoms with Crippen LogP contribution in [0.1, 0.15) is 22.8 Å². The van der Waals surface area contributed by atoms with E-state index in [2.05, 4.69) is 20.4 Å². The van der Waals surface area contributed by atoms with Gasteiger partial charge in [0.05, 0.1) is 18.7 Å². The molecule has 0 radical (unpaired) electrons. The third-order valence-electron chi connectivity index (χ3n) is 3.00. The van der Waals surface area contributed by atoms with Gasteiger partial charge in [0, 0.05) is 30.7 Å². The normalized spacial score (nSPS) is 10.6. The highest BCUT2D eigenvalue weighted by atomic mass is 16.1. The second-order valence-electron chi connectivity index (χ2n) is 4.26. The van der Waals surface area contributed by atoms with E-state index in [9.17, 15) is 4.79 Å². The maximum Gasteiger partial charge on any atom is 0.224 e. The molecule has 6 heteroatoms. The lowest BCUT2D eigenvalue weighted by Crippen LogP contribution is -2.25. The molecule has 0 aromatic carbocycles. The molecule has 0 saturated heterocycles. The molecular formula is C12H17N5O. The largest absolute Gasteiger partial charge is 0.349 e. The zero-order valence-corrected chi connectivity index (χ0v) is 10.8. The van der Waals surface area contributed by atoms with Gasteiger partial charge in [-0.15, -0.1) is 0 Å². The molecule has 1 amide bonds. The Morgan fingerprint density at radius 3 is 2.83 bits per heavy atom. The third-order valence-corrected chi connectivity index (χ3v) is 3.00. The smallest absolute Gasteiger partial charge is 0.224 e. The Kier molecular flexibility index (Phi) is 3.45. The topological polar surface area (TPSA) is 75.6 Å². The minimum atomic E-state index is -0.0226. The van der Waals surface area contributed by atoms with Crippen molar-refractivity contribution in [3.05, 3.63) is 35.2 Å². The van der Waals surface area contributed by atoms with Crippen LogP contribution in [0.15, 0.2) is 12.4 Å². The van der Waals surface area contributed by atoms with Crippen LogP contribution < -0.4 is 5.32 Å². The molecule has 0 saturated carbocycles. The van der Waals surface area contributed by atoms with Gasteiger partial charge in [0.2, 0.25) is 5.91 Å². The Morgan fingerprint density at radius 2 is 2.28 bits per heavy atom. The molecule has 6 nitrogen and oxygen atoms in total. The van der Waals surface area contributed by atoms with Crippen LogP contribution in [-0.4, -0.2) is 25.7 Å². The number of carbonyl (C=O) groups is 1. The molecule has 0 fully saturated rings. The average Bonchev–Trinajstić information content (AvgIpc) is 2.92. The first-order chi connectivity index (χ1) is 8.58. The number of amides is 1. The third kappa shape index (κ3) is 2.58. The molecular weight excluding hydrogens is 230 g/mol. The molecule has 0 aliphatic rings. The Hall–Kier alpha value is -2.11. The lowest BCUT2D eigenvalue weighted by molar-refractivity contribution is -0.120. The number of carbonyl (C=O) groups excluding carboxylic acids is 1. The number of H-pyrrole nitrogens is 1. The number of rotatable bonds is 4. The number of aryl methyl sites for hydroxylation is 2. The van der Waals surface area contributed by atoms with Crippen LogP contribution in [0.4, 0.5) is 0 Å². The van der Waals surface area contributed by atoms with Crippen molar-refractivity contribution < 1.29 is 4.79 Å². The molecule has 0 bridgehead atoms. The van der Waals surface area contributed by atoms with E-state index in [1.54, 1.807) is 17.1 Å². The number of nitrogens with zero attached hydrogens (tertiary/aromatic N) is 3. The van der Waals surface area contributed by atoms with Crippen LogP contribution in [0.2, 0.25) is 0 Å². The summed E-state index contributed by atoms with van der Waals surface area (Å²) in [5, 5.41) is 7.12. The first kappa shape index (κ1) is 12.3. The minimum Gasteiger partial charge on any atom is -0.349 e. The minimum absolute atomic E-state index is 0.0226. The van der Waals surface area contributed by atoms with Crippen molar-refractivity contribution in [1.82, 2.24) is 25.1 Å². The first-order valence-corrected chi connectivity index (χ1v) is 5.82. The molecule has 0 aliphatic heterocycles. The number of hydrogen-bond acceptors (Lipinski definition) is 3. The zero-order chi connectivity index (χ0) is 13.1. The van der Waals surface area contributed by atoms with E-state index >= 15 is 0 Å². The van der Waals surface area contributed by atoms with Gasteiger partial charge in [-0.05, 0) is 13.8 Å². The predicted octanol–water partition coefficient (Wildman–Crippen LogP) is 0.619. The quantitative estimate of drug-likeness (QED) is 0.831. The van der Waals surface area contributed by atoms with Crippen molar-refractivity contribution in [2.24, 2.45) is 7.05 Å². The molecule has 0 aliphatic carbocycles. The molecule has 2 rings (SSSR count). The monoisotopic (exact) mass is 247 g/mol.